The van der Waals surface area contributed by atoms with Gasteiger partial charge >= 0.3 is 5.97 Å². The predicted octanol–water partition coefficient (Wildman–Crippen LogP) is 4.24. The molecule has 2 rings (SSSR count). The number of aliphatic carboxylic acids is 1. The summed E-state index contributed by atoms with van der Waals surface area (Å²) in [6, 6.07) is 0. The lowest BCUT2D eigenvalue weighted by atomic mass is 9.79. The summed E-state index contributed by atoms with van der Waals surface area (Å²) in [5.74, 6) is 0.490. The van der Waals surface area contributed by atoms with Crippen molar-refractivity contribution in [1.29, 1.82) is 0 Å². The summed E-state index contributed by atoms with van der Waals surface area (Å²) < 4.78 is 0. The van der Waals surface area contributed by atoms with Crippen LogP contribution in [0.3, 0.4) is 0 Å². The number of hydrogen-bond donors (Lipinski definition) is 3. The molecule has 4 heteroatoms. The van der Waals surface area contributed by atoms with Gasteiger partial charge in [-0.15, -0.1) is 0 Å². The van der Waals surface area contributed by atoms with E-state index in [1.165, 1.54) is 5.57 Å². The Balaban J connectivity index is 1.79. The van der Waals surface area contributed by atoms with Gasteiger partial charge in [0.25, 0.3) is 0 Å². The van der Waals surface area contributed by atoms with Crippen molar-refractivity contribution in [1.82, 2.24) is 0 Å². The number of aliphatic hydroxyl groups is 2. The lowest BCUT2D eigenvalue weighted by Crippen LogP contribution is -2.20. The second-order valence-electron chi connectivity index (χ2n) is 7.68. The van der Waals surface area contributed by atoms with E-state index in [1.807, 2.05) is 6.08 Å². The van der Waals surface area contributed by atoms with Crippen molar-refractivity contribution in [2.45, 2.75) is 70.3 Å². The number of aliphatic hydroxyl groups excluding tert-OH is 2. The van der Waals surface area contributed by atoms with E-state index in [-0.39, 0.29) is 25.0 Å². The zero-order valence-electron chi connectivity index (χ0n) is 15.7. The van der Waals surface area contributed by atoms with Gasteiger partial charge in [0, 0.05) is 18.9 Å². The molecule has 0 bridgehead atoms. The Morgan fingerprint density at radius 1 is 1.15 bits per heavy atom. The molecule has 146 valence electrons. The summed E-state index contributed by atoms with van der Waals surface area (Å²) in [5, 5.41) is 27.9. The molecule has 0 aromatic rings. The van der Waals surface area contributed by atoms with Crippen molar-refractivity contribution in [2.24, 2.45) is 17.8 Å². The molecule has 2 aliphatic carbocycles. The second kappa shape index (κ2) is 11.3. The Labute approximate surface area is 157 Å². The molecule has 2 aliphatic rings. The third-order valence-corrected chi connectivity index (χ3v) is 5.69. The van der Waals surface area contributed by atoms with Gasteiger partial charge in [-0.05, 0) is 56.8 Å². The number of hydrogen-bond acceptors (Lipinski definition) is 3. The molecule has 0 spiro atoms. The molecule has 0 radical (unpaired) electrons. The van der Waals surface area contributed by atoms with Crippen molar-refractivity contribution in [3.05, 3.63) is 36.0 Å². The van der Waals surface area contributed by atoms with Crippen LogP contribution in [0.15, 0.2) is 36.0 Å². The molecule has 1 fully saturated rings. The van der Waals surface area contributed by atoms with Crippen LogP contribution in [0, 0.1) is 17.8 Å². The summed E-state index contributed by atoms with van der Waals surface area (Å²) in [6.45, 7) is 0.289. The fraction of sp³-hybridized carbons (Fsp3) is 0.682. The molecule has 4 atom stereocenters. The van der Waals surface area contributed by atoms with Gasteiger partial charge in [-0.1, -0.05) is 48.8 Å². The Morgan fingerprint density at radius 2 is 1.96 bits per heavy atom. The van der Waals surface area contributed by atoms with E-state index >= 15 is 0 Å². The van der Waals surface area contributed by atoms with E-state index in [0.717, 1.165) is 51.4 Å². The molecule has 1 saturated carbocycles. The van der Waals surface area contributed by atoms with Crippen LogP contribution in [0.25, 0.3) is 0 Å². The number of carboxylic acid groups (broad SMARTS) is 1. The molecule has 0 saturated heterocycles. The van der Waals surface area contributed by atoms with E-state index in [9.17, 15) is 9.90 Å². The quantitative estimate of drug-likeness (QED) is 0.379. The highest BCUT2D eigenvalue weighted by Gasteiger charge is 2.41. The van der Waals surface area contributed by atoms with Crippen LogP contribution in [-0.4, -0.2) is 34.0 Å². The predicted molar refractivity (Wildman–Crippen MR) is 104 cm³/mol. The average Bonchev–Trinajstić information content (AvgIpc) is 2.92. The van der Waals surface area contributed by atoms with E-state index in [0.29, 0.717) is 18.3 Å². The minimum atomic E-state index is -0.755. The summed E-state index contributed by atoms with van der Waals surface area (Å²) in [7, 11) is 0. The molecule has 0 heterocycles. The maximum Gasteiger partial charge on any atom is 0.303 e. The molecule has 0 aliphatic heterocycles. The van der Waals surface area contributed by atoms with Gasteiger partial charge in [0.1, 0.15) is 0 Å². The van der Waals surface area contributed by atoms with E-state index < -0.39 is 5.97 Å². The molecule has 0 aromatic carbocycles. The first-order valence-electron chi connectivity index (χ1n) is 10.2. The number of rotatable bonds is 11. The minimum Gasteiger partial charge on any atom is -0.481 e. The fourth-order valence-electron chi connectivity index (χ4n) is 4.30. The molecular weight excluding hydrogens is 328 g/mol. The maximum absolute atomic E-state index is 10.6. The van der Waals surface area contributed by atoms with Crippen LogP contribution in [0.1, 0.15) is 64.2 Å². The van der Waals surface area contributed by atoms with E-state index in [1.54, 1.807) is 0 Å². The van der Waals surface area contributed by atoms with Gasteiger partial charge in [-0.2, -0.15) is 0 Å². The summed E-state index contributed by atoms with van der Waals surface area (Å²) in [6.07, 6.45) is 19.6. The number of carbonyl (C=O) groups is 1. The molecule has 4 nitrogen and oxygen atoms in total. The van der Waals surface area contributed by atoms with Crippen molar-refractivity contribution < 1.29 is 20.1 Å². The summed E-state index contributed by atoms with van der Waals surface area (Å²) in [4.78, 5) is 10.6. The van der Waals surface area contributed by atoms with Crippen LogP contribution in [0.2, 0.25) is 0 Å². The van der Waals surface area contributed by atoms with E-state index in [4.69, 9.17) is 10.2 Å². The normalized spacial score (nSPS) is 28.6. The molecule has 0 aromatic heterocycles. The Kier molecular flexibility index (Phi) is 9.13. The number of carboxylic acids is 1. The standard InChI is InChI=1S/C22H34O4/c23-14-8-4-2-1-3-5-10-20-19-13-12-17(9-6-7-11-22(25)26)15-18(19)16-21(20)24/h5-6,9-10,15,18-21,23-24H,1-4,7-8,11-14,16H2,(H,25,26)/t18-,19+,20+,21+/m1/s1. The molecule has 26 heavy (non-hydrogen) atoms. The molecule has 0 amide bonds. The van der Waals surface area contributed by atoms with Gasteiger partial charge < -0.3 is 15.3 Å². The number of fused-ring (bicyclic) bond motifs is 1. The topological polar surface area (TPSA) is 77.8 Å². The third kappa shape index (κ3) is 6.73. The summed E-state index contributed by atoms with van der Waals surface area (Å²) in [5.41, 5.74) is 1.29. The second-order valence-corrected chi connectivity index (χ2v) is 7.68. The van der Waals surface area contributed by atoms with Crippen molar-refractivity contribution in [3.8, 4) is 0 Å². The Hall–Kier alpha value is -1.39. The number of unbranched alkanes of at least 4 members (excludes halogenated alkanes) is 4. The Morgan fingerprint density at radius 3 is 2.73 bits per heavy atom. The lowest BCUT2D eigenvalue weighted by Gasteiger charge is -2.26. The van der Waals surface area contributed by atoms with Crippen molar-refractivity contribution in [2.75, 3.05) is 6.61 Å². The first-order chi connectivity index (χ1) is 12.6. The largest absolute Gasteiger partial charge is 0.481 e. The minimum absolute atomic E-state index is 0.182. The monoisotopic (exact) mass is 362 g/mol. The van der Waals surface area contributed by atoms with Gasteiger partial charge in [0.15, 0.2) is 0 Å². The van der Waals surface area contributed by atoms with Crippen LogP contribution in [0.5, 0.6) is 0 Å². The van der Waals surface area contributed by atoms with E-state index in [2.05, 4.69) is 24.3 Å². The maximum atomic E-state index is 10.6. The lowest BCUT2D eigenvalue weighted by molar-refractivity contribution is -0.136. The van der Waals surface area contributed by atoms with Crippen LogP contribution < -0.4 is 0 Å². The van der Waals surface area contributed by atoms with Gasteiger partial charge in [-0.25, -0.2) is 0 Å². The number of allylic oxidation sites excluding steroid dienone is 5. The molecule has 0 unspecified atom stereocenters. The third-order valence-electron chi connectivity index (χ3n) is 5.69. The van der Waals surface area contributed by atoms with Crippen molar-refractivity contribution in [3.63, 3.8) is 0 Å². The average molecular weight is 363 g/mol. The SMILES string of the molecule is O=C(O)CCC=CC1=C[C@@H]2C[C@H](O)[C@@H](C=CCCCCCCO)[C@H]2CC1. The highest BCUT2D eigenvalue weighted by atomic mass is 16.4. The first-order valence-corrected chi connectivity index (χ1v) is 10.2. The summed E-state index contributed by atoms with van der Waals surface area (Å²) >= 11 is 0. The first kappa shape index (κ1) is 20.9. The van der Waals surface area contributed by atoms with Gasteiger partial charge in [-0.3, -0.25) is 4.79 Å². The zero-order valence-corrected chi connectivity index (χ0v) is 15.7. The fourth-order valence-corrected chi connectivity index (χ4v) is 4.30. The van der Waals surface area contributed by atoms with Gasteiger partial charge in [0.2, 0.25) is 0 Å². The molecular formula is C22H34O4. The molecule has 3 N–H and O–H groups in total. The van der Waals surface area contributed by atoms with Crippen LogP contribution in [0.4, 0.5) is 0 Å². The Bertz CT molecular complexity index is 520. The van der Waals surface area contributed by atoms with Gasteiger partial charge in [0.05, 0.1) is 6.10 Å². The highest BCUT2D eigenvalue weighted by molar-refractivity contribution is 5.66. The van der Waals surface area contributed by atoms with Crippen molar-refractivity contribution >= 4 is 5.97 Å². The van der Waals surface area contributed by atoms with Crippen LogP contribution in [-0.2, 0) is 4.79 Å². The smallest absolute Gasteiger partial charge is 0.303 e. The zero-order chi connectivity index (χ0) is 18.8. The highest BCUT2D eigenvalue weighted by Crippen LogP contribution is 2.45. The van der Waals surface area contributed by atoms with Crippen LogP contribution >= 0.6 is 0 Å².